The summed E-state index contributed by atoms with van der Waals surface area (Å²) in [5, 5.41) is 15.7. The highest BCUT2D eigenvalue weighted by Crippen LogP contribution is 2.30. The van der Waals surface area contributed by atoms with E-state index >= 15 is 0 Å². The number of benzene rings is 1. The number of nitrogens with one attached hydrogen (secondary N) is 1. The van der Waals surface area contributed by atoms with Gasteiger partial charge in [-0.05, 0) is 47.1 Å². The zero-order valence-electron chi connectivity index (χ0n) is 14.8. The van der Waals surface area contributed by atoms with E-state index in [4.69, 9.17) is 4.74 Å². The molecular weight excluding hydrogens is 472 g/mol. The van der Waals surface area contributed by atoms with Crippen molar-refractivity contribution in [3.05, 3.63) is 49.1 Å². The molecule has 1 aromatic carbocycles. The van der Waals surface area contributed by atoms with Crippen molar-refractivity contribution in [1.29, 1.82) is 0 Å². The summed E-state index contributed by atoms with van der Waals surface area (Å²) in [7, 11) is -3.82. The van der Waals surface area contributed by atoms with Gasteiger partial charge in [0.05, 0.1) is 37.4 Å². The molecule has 1 saturated heterocycles. The van der Waals surface area contributed by atoms with Gasteiger partial charge in [-0.15, -0.1) is 11.3 Å². The Morgan fingerprint density at radius 2 is 2.04 bits per heavy atom. The van der Waals surface area contributed by atoms with Crippen LogP contribution in [0.2, 0.25) is 0 Å². The first kappa shape index (κ1) is 20.9. The van der Waals surface area contributed by atoms with Crippen LogP contribution in [0.5, 0.6) is 0 Å². The molecule has 150 valence electrons. The van der Waals surface area contributed by atoms with Crippen molar-refractivity contribution in [3.63, 3.8) is 0 Å². The molecule has 0 bridgehead atoms. The fourth-order valence-electron chi connectivity index (χ4n) is 2.56. The predicted molar refractivity (Wildman–Crippen MR) is 111 cm³/mol. The van der Waals surface area contributed by atoms with Crippen LogP contribution in [0.3, 0.4) is 0 Å². The van der Waals surface area contributed by atoms with Gasteiger partial charge in [0.2, 0.25) is 10.0 Å². The van der Waals surface area contributed by atoms with Gasteiger partial charge in [0.1, 0.15) is 5.69 Å². The van der Waals surface area contributed by atoms with Crippen molar-refractivity contribution in [2.75, 3.05) is 31.7 Å². The van der Waals surface area contributed by atoms with Crippen molar-refractivity contribution in [1.82, 2.24) is 4.31 Å². The van der Waals surface area contributed by atoms with E-state index in [1.165, 1.54) is 27.8 Å². The Hall–Kier alpha value is -1.86. The third kappa shape index (κ3) is 4.58. The van der Waals surface area contributed by atoms with Crippen molar-refractivity contribution >= 4 is 54.4 Å². The average Bonchev–Trinajstić information content (AvgIpc) is 3.13. The van der Waals surface area contributed by atoms with Crippen LogP contribution in [-0.2, 0) is 14.8 Å². The molecule has 0 atom stereocenters. The molecule has 0 spiro atoms. The van der Waals surface area contributed by atoms with E-state index in [2.05, 4.69) is 26.5 Å². The number of rotatable bonds is 6. The lowest BCUT2D eigenvalue weighted by Crippen LogP contribution is -2.40. The molecule has 1 N–H and O–H groups in total. The Kier molecular flexibility index (Phi) is 6.45. The van der Waals surface area contributed by atoms with Crippen LogP contribution in [0.15, 0.2) is 44.1 Å². The number of thiophene rings is 1. The monoisotopic (exact) mass is 488 g/mol. The number of hydrazone groups is 1. The SMILES string of the molecule is C/C(=N\Nc1ccc(S(=O)(=O)N2CCOCC2)cc1[N+](=O)[O-])c1ccc(Br)s1. The Balaban J connectivity index is 1.88. The minimum absolute atomic E-state index is 0.112. The van der Waals surface area contributed by atoms with Gasteiger partial charge in [0, 0.05) is 19.2 Å². The zero-order chi connectivity index (χ0) is 20.3. The number of ether oxygens (including phenoxy) is 1. The highest BCUT2D eigenvalue weighted by Gasteiger charge is 2.28. The van der Waals surface area contributed by atoms with Gasteiger partial charge in [0.25, 0.3) is 5.69 Å². The van der Waals surface area contributed by atoms with Crippen LogP contribution < -0.4 is 5.43 Å². The molecule has 2 aromatic rings. The summed E-state index contributed by atoms with van der Waals surface area (Å²) in [6, 6.07) is 7.51. The summed E-state index contributed by atoms with van der Waals surface area (Å²) < 4.78 is 32.8. The quantitative estimate of drug-likeness (QED) is 0.379. The van der Waals surface area contributed by atoms with E-state index in [0.29, 0.717) is 18.9 Å². The van der Waals surface area contributed by atoms with Gasteiger partial charge in [0.15, 0.2) is 0 Å². The average molecular weight is 489 g/mol. The predicted octanol–water partition coefficient (Wildman–Crippen LogP) is 3.28. The first-order valence-electron chi connectivity index (χ1n) is 8.21. The molecule has 0 amide bonds. The number of hydrogen-bond acceptors (Lipinski definition) is 8. The van der Waals surface area contributed by atoms with Gasteiger partial charge < -0.3 is 4.74 Å². The van der Waals surface area contributed by atoms with Crippen LogP contribution in [0.4, 0.5) is 11.4 Å². The lowest BCUT2D eigenvalue weighted by Gasteiger charge is -2.26. The van der Waals surface area contributed by atoms with Crippen LogP contribution in [-0.4, -0.2) is 49.7 Å². The second-order valence-corrected chi connectivity index (χ2v) is 10.3. The fourth-order valence-corrected chi connectivity index (χ4v) is 5.32. The molecule has 9 nitrogen and oxygen atoms in total. The lowest BCUT2D eigenvalue weighted by molar-refractivity contribution is -0.384. The van der Waals surface area contributed by atoms with Gasteiger partial charge in [-0.1, -0.05) is 0 Å². The largest absolute Gasteiger partial charge is 0.379 e. The normalized spacial score (nSPS) is 16.1. The zero-order valence-corrected chi connectivity index (χ0v) is 18.0. The molecule has 1 fully saturated rings. The van der Waals surface area contributed by atoms with Crippen molar-refractivity contribution < 1.29 is 18.1 Å². The van der Waals surface area contributed by atoms with Crippen LogP contribution in [0.25, 0.3) is 0 Å². The molecule has 1 aliphatic heterocycles. The molecule has 0 aliphatic carbocycles. The Morgan fingerprint density at radius 1 is 1.32 bits per heavy atom. The van der Waals surface area contributed by atoms with E-state index in [0.717, 1.165) is 14.7 Å². The summed E-state index contributed by atoms with van der Waals surface area (Å²) in [5.41, 5.74) is 3.07. The highest BCUT2D eigenvalue weighted by molar-refractivity contribution is 9.11. The minimum atomic E-state index is -3.82. The van der Waals surface area contributed by atoms with Crippen molar-refractivity contribution in [2.24, 2.45) is 5.10 Å². The molecule has 0 saturated carbocycles. The van der Waals surface area contributed by atoms with Crippen LogP contribution >= 0.6 is 27.3 Å². The lowest BCUT2D eigenvalue weighted by atomic mass is 10.3. The summed E-state index contributed by atoms with van der Waals surface area (Å²) in [5.74, 6) is 0. The Bertz CT molecular complexity index is 1020. The number of sulfonamides is 1. The standard InChI is InChI=1S/C16H17BrN4O5S2/c1-11(15-4-5-16(17)27-15)18-19-13-3-2-12(10-14(13)21(22)23)28(24,25)20-6-8-26-9-7-20/h2-5,10,19H,6-9H2,1H3/b18-11+. The highest BCUT2D eigenvalue weighted by atomic mass is 79.9. The summed E-state index contributed by atoms with van der Waals surface area (Å²) in [6.45, 7) is 2.81. The Labute approximate surface area is 174 Å². The molecular formula is C16H17BrN4O5S2. The molecule has 2 heterocycles. The van der Waals surface area contributed by atoms with Crippen molar-refractivity contribution in [3.8, 4) is 0 Å². The number of nitrogens with zero attached hydrogens (tertiary/aromatic N) is 3. The number of hydrogen-bond donors (Lipinski definition) is 1. The van der Waals surface area contributed by atoms with E-state index in [-0.39, 0.29) is 29.4 Å². The molecule has 0 unspecified atom stereocenters. The van der Waals surface area contributed by atoms with Crippen molar-refractivity contribution in [2.45, 2.75) is 11.8 Å². The maximum absolute atomic E-state index is 12.7. The molecule has 1 aromatic heterocycles. The number of halogens is 1. The third-order valence-electron chi connectivity index (χ3n) is 4.05. The van der Waals surface area contributed by atoms with Gasteiger partial charge in [-0.2, -0.15) is 9.41 Å². The second-order valence-electron chi connectivity index (χ2n) is 5.87. The summed E-state index contributed by atoms with van der Waals surface area (Å²) in [6.07, 6.45) is 0. The van der Waals surface area contributed by atoms with E-state index < -0.39 is 14.9 Å². The summed E-state index contributed by atoms with van der Waals surface area (Å²) in [4.78, 5) is 11.6. The first-order chi connectivity index (χ1) is 13.3. The Morgan fingerprint density at radius 3 is 2.64 bits per heavy atom. The fraction of sp³-hybridized carbons (Fsp3) is 0.312. The number of nitro groups is 1. The third-order valence-corrected chi connectivity index (χ3v) is 7.67. The van der Waals surface area contributed by atoms with Crippen LogP contribution in [0.1, 0.15) is 11.8 Å². The molecule has 1 aliphatic rings. The number of morpholine rings is 1. The maximum Gasteiger partial charge on any atom is 0.295 e. The van der Waals surface area contributed by atoms with Gasteiger partial charge >= 0.3 is 0 Å². The van der Waals surface area contributed by atoms with E-state index in [9.17, 15) is 18.5 Å². The smallest absolute Gasteiger partial charge is 0.295 e. The molecule has 28 heavy (non-hydrogen) atoms. The van der Waals surface area contributed by atoms with E-state index in [1.807, 2.05) is 12.1 Å². The summed E-state index contributed by atoms with van der Waals surface area (Å²) >= 11 is 4.85. The van der Waals surface area contributed by atoms with E-state index in [1.54, 1.807) is 6.92 Å². The number of nitro benzene ring substituents is 1. The maximum atomic E-state index is 12.7. The number of anilines is 1. The molecule has 12 heteroatoms. The molecule has 3 rings (SSSR count). The minimum Gasteiger partial charge on any atom is -0.379 e. The van der Waals surface area contributed by atoms with Gasteiger partial charge in [-0.25, -0.2) is 8.42 Å². The topological polar surface area (TPSA) is 114 Å². The first-order valence-corrected chi connectivity index (χ1v) is 11.3. The van der Waals surface area contributed by atoms with Gasteiger partial charge in [-0.3, -0.25) is 15.5 Å². The van der Waals surface area contributed by atoms with Crippen LogP contribution in [0, 0.1) is 10.1 Å². The molecule has 0 radical (unpaired) electrons. The second kappa shape index (κ2) is 8.66.